The number of aromatic nitrogens is 2. The molecule has 2 aromatic rings. The van der Waals surface area contributed by atoms with E-state index in [1.165, 1.54) is 19.3 Å². The van der Waals surface area contributed by atoms with Crippen molar-refractivity contribution in [2.24, 2.45) is 4.99 Å². The molecule has 114 valence electrons. The zero-order chi connectivity index (χ0) is 14.8. The highest BCUT2D eigenvalue weighted by Crippen LogP contribution is 2.40. The first kappa shape index (κ1) is 13.4. The number of nitrogens with one attached hydrogen (secondary N) is 3. The van der Waals surface area contributed by atoms with Crippen LogP contribution in [-0.4, -0.2) is 21.3 Å². The molecule has 0 saturated heterocycles. The van der Waals surface area contributed by atoms with Gasteiger partial charge in [0, 0.05) is 12.4 Å². The summed E-state index contributed by atoms with van der Waals surface area (Å²) in [7, 11) is 0. The van der Waals surface area contributed by atoms with Crippen LogP contribution in [0.3, 0.4) is 0 Å². The van der Waals surface area contributed by atoms with Crippen molar-refractivity contribution in [2.45, 2.75) is 44.2 Å². The molecule has 0 radical (unpaired) electrons. The van der Waals surface area contributed by atoms with Crippen molar-refractivity contribution < 1.29 is 0 Å². The fourth-order valence-electron chi connectivity index (χ4n) is 3.51. The maximum Gasteiger partial charge on any atom is 0.128 e. The van der Waals surface area contributed by atoms with E-state index in [0.29, 0.717) is 6.54 Å². The van der Waals surface area contributed by atoms with Gasteiger partial charge in [-0.3, -0.25) is 0 Å². The number of aromatic amines is 1. The van der Waals surface area contributed by atoms with E-state index >= 15 is 0 Å². The molecule has 5 nitrogen and oxygen atoms in total. The van der Waals surface area contributed by atoms with Crippen molar-refractivity contribution in [3.8, 4) is 0 Å². The Morgan fingerprint density at radius 3 is 2.82 bits per heavy atom. The lowest BCUT2D eigenvalue weighted by molar-refractivity contribution is 0.396. The van der Waals surface area contributed by atoms with Crippen molar-refractivity contribution in [3.05, 3.63) is 42.5 Å². The predicted octanol–water partition coefficient (Wildman–Crippen LogP) is 3.36. The van der Waals surface area contributed by atoms with Gasteiger partial charge in [-0.2, -0.15) is 0 Å². The van der Waals surface area contributed by atoms with E-state index < -0.39 is 0 Å². The van der Waals surface area contributed by atoms with Gasteiger partial charge in [-0.25, -0.2) is 9.98 Å². The van der Waals surface area contributed by atoms with Gasteiger partial charge in [-0.15, -0.1) is 0 Å². The molecule has 0 amide bonds. The Kier molecular flexibility index (Phi) is 3.33. The summed E-state index contributed by atoms with van der Waals surface area (Å²) in [6, 6.07) is 8.29. The van der Waals surface area contributed by atoms with Crippen LogP contribution in [0, 0.1) is 0 Å². The third-order valence-corrected chi connectivity index (χ3v) is 4.65. The summed E-state index contributed by atoms with van der Waals surface area (Å²) in [5.74, 6) is 2.00. The highest BCUT2D eigenvalue weighted by atomic mass is 15.2. The molecule has 4 rings (SSSR count). The summed E-state index contributed by atoms with van der Waals surface area (Å²) < 4.78 is 0. The maximum atomic E-state index is 4.92. The minimum atomic E-state index is -0.0425. The van der Waals surface area contributed by atoms with Crippen molar-refractivity contribution in [1.82, 2.24) is 15.3 Å². The first-order valence-electron chi connectivity index (χ1n) is 8.04. The number of para-hydroxylation sites is 2. The Labute approximate surface area is 130 Å². The van der Waals surface area contributed by atoms with Crippen LogP contribution in [0.15, 0.2) is 41.7 Å². The molecular formula is C17H21N5. The van der Waals surface area contributed by atoms with Gasteiger partial charge < -0.3 is 15.6 Å². The number of fused-ring (bicyclic) bond motifs is 1. The summed E-state index contributed by atoms with van der Waals surface area (Å²) in [6.07, 6.45) is 9.70. The summed E-state index contributed by atoms with van der Waals surface area (Å²) in [6.45, 7) is 0.678. The number of rotatable bonds is 2. The maximum absolute atomic E-state index is 4.92. The van der Waals surface area contributed by atoms with Crippen molar-refractivity contribution in [3.63, 3.8) is 0 Å². The average Bonchev–Trinajstić information content (AvgIpc) is 3.07. The van der Waals surface area contributed by atoms with E-state index in [1.807, 2.05) is 12.3 Å². The summed E-state index contributed by atoms with van der Waals surface area (Å²) in [4.78, 5) is 12.3. The second-order valence-corrected chi connectivity index (χ2v) is 6.13. The normalized spacial score (nSPS) is 19.2. The van der Waals surface area contributed by atoms with E-state index in [-0.39, 0.29) is 5.54 Å². The third kappa shape index (κ3) is 2.36. The first-order valence-corrected chi connectivity index (χ1v) is 8.04. The minimum absolute atomic E-state index is 0.0425. The molecule has 2 aliphatic rings. The number of aliphatic imine (C=N–C) groups is 1. The largest absolute Gasteiger partial charge is 0.371 e. The van der Waals surface area contributed by atoms with Crippen LogP contribution in [0.25, 0.3) is 0 Å². The molecule has 0 unspecified atom stereocenters. The summed E-state index contributed by atoms with van der Waals surface area (Å²) in [5, 5.41) is 7.29. The van der Waals surface area contributed by atoms with Gasteiger partial charge in [0.2, 0.25) is 0 Å². The topological polar surface area (TPSA) is 65.1 Å². The SMILES string of the molecule is c1ccc2c(c1)N=C(NCc1ncc[nH]1)C1(CCCCC1)N2. The van der Waals surface area contributed by atoms with Crippen LogP contribution < -0.4 is 10.6 Å². The van der Waals surface area contributed by atoms with Crippen LogP contribution in [0.5, 0.6) is 0 Å². The van der Waals surface area contributed by atoms with Gasteiger partial charge in [-0.05, 0) is 25.0 Å². The number of H-pyrrole nitrogens is 1. The van der Waals surface area contributed by atoms with Gasteiger partial charge in [0.1, 0.15) is 11.7 Å². The third-order valence-electron chi connectivity index (χ3n) is 4.65. The van der Waals surface area contributed by atoms with Crippen molar-refractivity contribution >= 4 is 17.2 Å². The highest BCUT2D eigenvalue weighted by molar-refractivity contribution is 6.00. The number of nitrogens with zero attached hydrogens (tertiary/aromatic N) is 2. The Bertz CT molecular complexity index is 668. The molecule has 5 heteroatoms. The van der Waals surface area contributed by atoms with Crippen molar-refractivity contribution in [2.75, 3.05) is 5.32 Å². The van der Waals surface area contributed by atoms with E-state index in [1.54, 1.807) is 6.20 Å². The van der Waals surface area contributed by atoms with Crippen LogP contribution >= 0.6 is 0 Å². The molecule has 1 fully saturated rings. The number of benzene rings is 1. The minimum Gasteiger partial charge on any atom is -0.371 e. The van der Waals surface area contributed by atoms with Crippen LogP contribution in [0.4, 0.5) is 11.4 Å². The number of hydrogen-bond acceptors (Lipinski definition) is 4. The monoisotopic (exact) mass is 295 g/mol. The molecule has 1 aliphatic heterocycles. The van der Waals surface area contributed by atoms with Gasteiger partial charge in [0.15, 0.2) is 0 Å². The Hall–Kier alpha value is -2.30. The van der Waals surface area contributed by atoms with Crippen molar-refractivity contribution in [1.29, 1.82) is 0 Å². The molecule has 1 aliphatic carbocycles. The lowest BCUT2D eigenvalue weighted by atomic mass is 9.79. The molecule has 3 N–H and O–H groups in total. The second-order valence-electron chi connectivity index (χ2n) is 6.13. The Morgan fingerprint density at radius 2 is 2.00 bits per heavy atom. The molecule has 1 saturated carbocycles. The molecule has 2 heterocycles. The molecule has 1 spiro atoms. The van der Waals surface area contributed by atoms with E-state index in [2.05, 4.69) is 38.8 Å². The number of hydrogen-bond donors (Lipinski definition) is 3. The number of imidazole rings is 1. The fraction of sp³-hybridized carbons (Fsp3) is 0.412. The summed E-state index contributed by atoms with van der Waals surface area (Å²) in [5.41, 5.74) is 2.12. The number of amidine groups is 1. The standard InChI is InChI=1S/C17H21N5/c1-4-8-17(9-5-1)16(20-12-15-18-10-11-19-15)21-13-6-2-3-7-14(13)22-17/h2-3,6-7,10-11,22H,1,4-5,8-9,12H2,(H,18,19)(H,20,21). The zero-order valence-electron chi connectivity index (χ0n) is 12.6. The first-order chi connectivity index (χ1) is 10.9. The van der Waals surface area contributed by atoms with Crippen LogP contribution in [0.1, 0.15) is 37.9 Å². The van der Waals surface area contributed by atoms with E-state index in [4.69, 9.17) is 4.99 Å². The summed E-state index contributed by atoms with van der Waals surface area (Å²) >= 11 is 0. The van der Waals surface area contributed by atoms with E-state index in [9.17, 15) is 0 Å². The average molecular weight is 295 g/mol. The number of anilines is 1. The molecule has 0 atom stereocenters. The predicted molar refractivity (Wildman–Crippen MR) is 88.4 cm³/mol. The molecular weight excluding hydrogens is 274 g/mol. The van der Waals surface area contributed by atoms with Gasteiger partial charge in [-0.1, -0.05) is 31.4 Å². The molecule has 1 aromatic carbocycles. The quantitative estimate of drug-likeness (QED) is 0.796. The molecule has 22 heavy (non-hydrogen) atoms. The van der Waals surface area contributed by atoms with Crippen LogP contribution in [0.2, 0.25) is 0 Å². The Balaban J connectivity index is 1.65. The van der Waals surface area contributed by atoms with Gasteiger partial charge >= 0.3 is 0 Å². The second kappa shape index (κ2) is 5.48. The lowest BCUT2D eigenvalue weighted by Gasteiger charge is -2.42. The van der Waals surface area contributed by atoms with Gasteiger partial charge in [0.25, 0.3) is 0 Å². The fourth-order valence-corrected chi connectivity index (χ4v) is 3.51. The highest BCUT2D eigenvalue weighted by Gasteiger charge is 2.40. The van der Waals surface area contributed by atoms with Gasteiger partial charge in [0.05, 0.1) is 23.5 Å². The lowest BCUT2D eigenvalue weighted by Crippen LogP contribution is -2.54. The zero-order valence-corrected chi connectivity index (χ0v) is 12.6. The molecule has 0 bridgehead atoms. The Morgan fingerprint density at radius 1 is 1.14 bits per heavy atom. The molecule has 1 aromatic heterocycles. The van der Waals surface area contributed by atoms with Crippen LogP contribution in [-0.2, 0) is 6.54 Å². The van der Waals surface area contributed by atoms with E-state index in [0.717, 1.165) is 35.9 Å². The smallest absolute Gasteiger partial charge is 0.128 e.